The molecule has 0 spiro atoms. The van der Waals surface area contributed by atoms with Crippen LogP contribution in [0.3, 0.4) is 0 Å². The fraction of sp³-hybridized carbons (Fsp3) is 0.778. The molecule has 0 amide bonds. The molecule has 3 heteroatoms. The van der Waals surface area contributed by atoms with E-state index in [0.717, 1.165) is 11.7 Å². The smallest absolute Gasteiger partial charge is 0.0331 e. The van der Waals surface area contributed by atoms with Crippen LogP contribution in [-0.4, -0.2) is 22.6 Å². The molecule has 0 saturated heterocycles. The van der Waals surface area contributed by atoms with Gasteiger partial charge in [-0.25, -0.2) is 0 Å². The second-order valence-corrected chi connectivity index (χ2v) is 4.78. The third-order valence-electron chi connectivity index (χ3n) is 2.63. The summed E-state index contributed by atoms with van der Waals surface area (Å²) in [6.45, 7) is 1.20. The van der Waals surface area contributed by atoms with Crippen LogP contribution in [0.4, 0.5) is 0 Å². The van der Waals surface area contributed by atoms with Gasteiger partial charge < -0.3 is 10.0 Å². The van der Waals surface area contributed by atoms with E-state index < -0.39 is 0 Å². The minimum absolute atomic E-state index is 0.478. The fourth-order valence-corrected chi connectivity index (χ4v) is 2.84. The summed E-state index contributed by atoms with van der Waals surface area (Å²) < 4.78 is 2.35. The average Bonchev–Trinajstić information content (AvgIpc) is 2.63. The molecule has 1 saturated carbocycles. The Morgan fingerprint density at radius 3 is 3.00 bits per heavy atom. The number of hydrogen-bond acceptors (Lipinski definition) is 3. The van der Waals surface area contributed by atoms with Gasteiger partial charge in [0.05, 0.1) is 0 Å². The number of nitrogens with zero attached hydrogens (tertiary/aromatic N) is 1. The maximum Gasteiger partial charge on any atom is 0.0331 e. The van der Waals surface area contributed by atoms with Crippen molar-refractivity contribution < 1.29 is 0 Å². The number of hydrogen-bond donors (Lipinski definition) is 1. The van der Waals surface area contributed by atoms with Crippen LogP contribution in [0.2, 0.25) is 0 Å². The molecule has 68 valence electrons. The van der Waals surface area contributed by atoms with E-state index >= 15 is 0 Å². The van der Waals surface area contributed by atoms with Crippen LogP contribution < -0.4 is 5.73 Å². The molecule has 1 heterocycles. The highest BCUT2D eigenvalue weighted by Crippen LogP contribution is 2.28. The van der Waals surface area contributed by atoms with Gasteiger partial charge in [-0.2, -0.15) is 0 Å². The molecule has 0 aromatic carbocycles. The van der Waals surface area contributed by atoms with E-state index in [4.69, 9.17) is 5.73 Å². The third-order valence-corrected chi connectivity index (χ3v) is 3.57. The zero-order valence-electron chi connectivity index (χ0n) is 7.28. The molecule has 1 fully saturated rings. The Balaban J connectivity index is 1.76. The second-order valence-electron chi connectivity index (χ2n) is 3.72. The van der Waals surface area contributed by atoms with E-state index in [1.165, 1.54) is 25.8 Å². The highest BCUT2D eigenvalue weighted by Gasteiger charge is 2.23. The summed E-state index contributed by atoms with van der Waals surface area (Å²) >= 11 is 1.91. The molecule has 1 aliphatic heterocycles. The molecule has 0 aromatic heterocycles. The monoisotopic (exact) mass is 184 g/mol. The molecule has 12 heavy (non-hydrogen) atoms. The minimum atomic E-state index is 0.478. The zero-order chi connectivity index (χ0) is 8.39. The molecule has 2 atom stereocenters. The van der Waals surface area contributed by atoms with Crippen LogP contribution in [0, 0.1) is 5.92 Å². The van der Waals surface area contributed by atoms with Crippen LogP contribution in [0.1, 0.15) is 19.3 Å². The van der Waals surface area contributed by atoms with Gasteiger partial charge in [-0.05, 0) is 37.1 Å². The van der Waals surface area contributed by atoms with Gasteiger partial charge in [-0.15, -0.1) is 0 Å². The van der Waals surface area contributed by atoms with E-state index in [0.29, 0.717) is 6.04 Å². The van der Waals surface area contributed by atoms with Crippen molar-refractivity contribution in [3.05, 3.63) is 12.3 Å². The second kappa shape index (κ2) is 3.71. The van der Waals surface area contributed by atoms with E-state index in [2.05, 4.69) is 16.6 Å². The molecule has 1 aliphatic carbocycles. The summed E-state index contributed by atoms with van der Waals surface area (Å²) in [7, 11) is 0. The van der Waals surface area contributed by atoms with Crippen molar-refractivity contribution in [1.29, 1.82) is 0 Å². The lowest BCUT2D eigenvalue weighted by Gasteiger charge is -2.18. The molecular formula is C9H16N2S. The number of nitrogens with two attached hydrogens (primary N) is 1. The van der Waals surface area contributed by atoms with Crippen LogP contribution in [-0.2, 0) is 0 Å². The van der Waals surface area contributed by atoms with Gasteiger partial charge in [0, 0.05) is 24.5 Å². The van der Waals surface area contributed by atoms with Crippen molar-refractivity contribution in [1.82, 2.24) is 4.31 Å². The van der Waals surface area contributed by atoms with Gasteiger partial charge >= 0.3 is 0 Å². The van der Waals surface area contributed by atoms with Crippen LogP contribution in [0.5, 0.6) is 0 Å². The van der Waals surface area contributed by atoms with Crippen LogP contribution >= 0.6 is 11.9 Å². The van der Waals surface area contributed by atoms with E-state index in [1.807, 2.05) is 11.9 Å². The van der Waals surface area contributed by atoms with Gasteiger partial charge in [-0.1, -0.05) is 6.08 Å². The predicted octanol–water partition coefficient (Wildman–Crippen LogP) is 1.59. The standard InChI is InChI=1S/C9H16N2S/c10-9-3-2-8(6-9)7-11-4-1-5-12-11/h1,4,8-9H,2-3,5-7,10H2. The van der Waals surface area contributed by atoms with Crippen LogP contribution in [0.25, 0.3) is 0 Å². The first-order chi connectivity index (χ1) is 5.84. The lowest BCUT2D eigenvalue weighted by atomic mass is 10.1. The maximum absolute atomic E-state index is 5.86. The fourth-order valence-electron chi connectivity index (χ4n) is 1.99. The van der Waals surface area contributed by atoms with Gasteiger partial charge in [0.2, 0.25) is 0 Å². The Kier molecular flexibility index (Phi) is 2.61. The summed E-state index contributed by atoms with van der Waals surface area (Å²) in [5, 5.41) is 0. The zero-order valence-corrected chi connectivity index (χ0v) is 8.09. The summed E-state index contributed by atoms with van der Waals surface area (Å²) in [5.74, 6) is 1.99. The minimum Gasteiger partial charge on any atom is -0.328 e. The molecule has 0 bridgehead atoms. The Morgan fingerprint density at radius 1 is 1.50 bits per heavy atom. The highest BCUT2D eigenvalue weighted by atomic mass is 32.2. The van der Waals surface area contributed by atoms with Crippen molar-refractivity contribution in [2.45, 2.75) is 25.3 Å². The van der Waals surface area contributed by atoms with Crippen molar-refractivity contribution >= 4 is 11.9 Å². The van der Waals surface area contributed by atoms with Crippen molar-refractivity contribution in [2.75, 3.05) is 12.3 Å². The van der Waals surface area contributed by atoms with Gasteiger partial charge in [-0.3, -0.25) is 0 Å². The lowest BCUT2D eigenvalue weighted by molar-refractivity contribution is 0.442. The maximum atomic E-state index is 5.86. The third kappa shape index (κ3) is 1.96. The van der Waals surface area contributed by atoms with E-state index in [1.54, 1.807) is 0 Å². The Hall–Kier alpha value is -0.150. The van der Waals surface area contributed by atoms with Gasteiger partial charge in [0.25, 0.3) is 0 Å². The summed E-state index contributed by atoms with van der Waals surface area (Å²) in [5.41, 5.74) is 5.86. The van der Waals surface area contributed by atoms with Crippen LogP contribution in [0.15, 0.2) is 12.3 Å². The SMILES string of the molecule is NC1CCC(CN2C=CCS2)C1. The van der Waals surface area contributed by atoms with Gasteiger partial charge in [0.1, 0.15) is 0 Å². The Bertz CT molecular complexity index is 181. The quantitative estimate of drug-likeness (QED) is 0.661. The molecule has 2 nitrogen and oxygen atoms in total. The largest absolute Gasteiger partial charge is 0.328 e. The van der Waals surface area contributed by atoms with Crippen molar-refractivity contribution in [2.24, 2.45) is 11.7 Å². The topological polar surface area (TPSA) is 29.3 Å². The predicted molar refractivity (Wildman–Crippen MR) is 53.6 cm³/mol. The molecule has 0 radical (unpaired) electrons. The first-order valence-electron chi connectivity index (χ1n) is 4.66. The Labute approximate surface area is 78.3 Å². The first kappa shape index (κ1) is 8.45. The van der Waals surface area contributed by atoms with Gasteiger partial charge in [0.15, 0.2) is 0 Å². The molecule has 0 aromatic rings. The number of rotatable bonds is 2. The molecule has 2 aliphatic rings. The van der Waals surface area contributed by atoms with E-state index in [-0.39, 0.29) is 0 Å². The molecule has 2 N–H and O–H groups in total. The lowest BCUT2D eigenvalue weighted by Crippen LogP contribution is -2.19. The normalized spacial score (nSPS) is 34.9. The Morgan fingerprint density at radius 2 is 2.42 bits per heavy atom. The molecule has 2 unspecified atom stereocenters. The highest BCUT2D eigenvalue weighted by molar-refractivity contribution is 7.97. The summed E-state index contributed by atoms with van der Waals surface area (Å²) in [6.07, 6.45) is 8.21. The summed E-state index contributed by atoms with van der Waals surface area (Å²) in [6, 6.07) is 0.478. The van der Waals surface area contributed by atoms with Crippen molar-refractivity contribution in [3.63, 3.8) is 0 Å². The van der Waals surface area contributed by atoms with Crippen molar-refractivity contribution in [3.8, 4) is 0 Å². The first-order valence-corrected chi connectivity index (χ1v) is 5.60. The molecule has 2 rings (SSSR count). The van der Waals surface area contributed by atoms with E-state index in [9.17, 15) is 0 Å². The average molecular weight is 184 g/mol. The molecular weight excluding hydrogens is 168 g/mol. The summed E-state index contributed by atoms with van der Waals surface area (Å²) in [4.78, 5) is 0.